The molecule has 0 bridgehead atoms. The van der Waals surface area contributed by atoms with Gasteiger partial charge in [0.2, 0.25) is 11.8 Å². The van der Waals surface area contributed by atoms with Crippen molar-refractivity contribution >= 4 is 23.5 Å². The minimum absolute atomic E-state index is 0.106. The number of benzene rings is 1. The molecule has 1 N–H and O–H groups in total. The topological polar surface area (TPSA) is 74.7 Å². The molecule has 0 radical (unpaired) electrons. The second-order valence-electron chi connectivity index (χ2n) is 5.77. The molecule has 1 saturated carbocycles. The lowest BCUT2D eigenvalue weighted by Gasteiger charge is -2.17. The van der Waals surface area contributed by atoms with E-state index in [9.17, 15) is 18.8 Å². The van der Waals surface area contributed by atoms with Crippen molar-refractivity contribution in [2.45, 2.75) is 19.8 Å². The highest BCUT2D eigenvalue weighted by Crippen LogP contribution is 2.44. The third-order valence-electron chi connectivity index (χ3n) is 4.31. The van der Waals surface area contributed by atoms with Gasteiger partial charge in [-0.2, -0.15) is 0 Å². The number of fused-ring (bicyclic) bond motifs is 1. The third-order valence-corrected chi connectivity index (χ3v) is 4.31. The highest BCUT2D eigenvalue weighted by atomic mass is 19.1. The Morgan fingerprint density at radius 3 is 2.29 bits per heavy atom. The summed E-state index contributed by atoms with van der Waals surface area (Å²) in [4.78, 5) is 36.5. The molecule has 2 amide bonds. The van der Waals surface area contributed by atoms with Crippen molar-refractivity contribution in [3.8, 4) is 0 Å². The predicted molar refractivity (Wildman–Crippen MR) is 71.2 cm³/mol. The molecule has 2 unspecified atom stereocenters. The number of carbonyl (C=O) groups excluding carboxylic acids is 2. The molecule has 0 aromatic heterocycles. The Kier molecular flexibility index (Phi) is 3.04. The van der Waals surface area contributed by atoms with Crippen molar-refractivity contribution in [1.29, 1.82) is 0 Å². The van der Waals surface area contributed by atoms with Crippen molar-refractivity contribution in [3.05, 3.63) is 29.6 Å². The van der Waals surface area contributed by atoms with Crippen LogP contribution < -0.4 is 4.90 Å². The van der Waals surface area contributed by atoms with Gasteiger partial charge in [-0.1, -0.05) is 6.92 Å². The van der Waals surface area contributed by atoms with E-state index in [0.29, 0.717) is 18.8 Å². The van der Waals surface area contributed by atoms with Gasteiger partial charge in [0.25, 0.3) is 0 Å². The van der Waals surface area contributed by atoms with Crippen LogP contribution in [0.2, 0.25) is 0 Å². The number of rotatable bonds is 2. The third kappa shape index (κ3) is 2.02. The summed E-state index contributed by atoms with van der Waals surface area (Å²) in [5.41, 5.74) is -0.374. The van der Waals surface area contributed by atoms with E-state index in [1.54, 1.807) is 0 Å². The Labute approximate surface area is 120 Å². The Morgan fingerprint density at radius 1 is 1.24 bits per heavy atom. The van der Waals surface area contributed by atoms with E-state index in [2.05, 4.69) is 0 Å². The number of anilines is 1. The van der Waals surface area contributed by atoms with Crippen molar-refractivity contribution in [1.82, 2.24) is 0 Å². The quantitative estimate of drug-likeness (QED) is 0.846. The number of nitrogens with zero attached hydrogens (tertiary/aromatic N) is 1. The lowest BCUT2D eigenvalue weighted by atomic mass is 10.00. The molecule has 1 aliphatic carbocycles. The average Bonchev–Trinajstić information content (AvgIpc) is 2.89. The molecule has 6 heteroatoms. The number of carboxylic acid groups (broad SMARTS) is 1. The zero-order chi connectivity index (χ0) is 15.3. The van der Waals surface area contributed by atoms with E-state index in [-0.39, 0.29) is 29.3 Å². The first-order valence-corrected chi connectivity index (χ1v) is 6.80. The van der Waals surface area contributed by atoms with Crippen molar-refractivity contribution in [2.24, 2.45) is 17.8 Å². The molecular formula is C15H14FNO4. The van der Waals surface area contributed by atoms with Crippen molar-refractivity contribution < 1.29 is 23.9 Å². The standard InChI is InChI=1S/C15H14FNO4/c1-7-4-10-11(5-7)14(19)17(13(10)18)8-2-3-9(15(20)21)12(16)6-8/h2-3,6-7,10-11H,4-5H2,1H3,(H,20,21). The summed E-state index contributed by atoms with van der Waals surface area (Å²) in [6.45, 7) is 2.00. The highest BCUT2D eigenvalue weighted by Gasteiger charge is 2.52. The summed E-state index contributed by atoms with van der Waals surface area (Å²) in [7, 11) is 0. The fraction of sp³-hybridized carbons (Fsp3) is 0.400. The minimum Gasteiger partial charge on any atom is -0.478 e. The molecule has 21 heavy (non-hydrogen) atoms. The molecule has 1 heterocycles. The Hall–Kier alpha value is -2.24. The maximum atomic E-state index is 13.7. The molecule has 1 saturated heterocycles. The maximum absolute atomic E-state index is 13.7. The molecule has 2 atom stereocenters. The molecule has 0 spiro atoms. The van der Waals surface area contributed by atoms with E-state index >= 15 is 0 Å². The number of halogens is 1. The number of carbonyl (C=O) groups is 3. The van der Waals surface area contributed by atoms with Gasteiger partial charge in [-0.3, -0.25) is 9.59 Å². The van der Waals surface area contributed by atoms with Crippen LogP contribution in [0.1, 0.15) is 30.1 Å². The Balaban J connectivity index is 1.95. The molecule has 2 fully saturated rings. The first-order valence-electron chi connectivity index (χ1n) is 6.80. The number of carboxylic acids is 1. The van der Waals surface area contributed by atoms with Gasteiger partial charge < -0.3 is 5.11 Å². The van der Waals surface area contributed by atoms with Gasteiger partial charge in [0.15, 0.2) is 0 Å². The summed E-state index contributed by atoms with van der Waals surface area (Å²) >= 11 is 0. The number of imide groups is 1. The van der Waals surface area contributed by atoms with Crippen LogP contribution >= 0.6 is 0 Å². The smallest absolute Gasteiger partial charge is 0.338 e. The van der Waals surface area contributed by atoms with Crippen molar-refractivity contribution in [3.63, 3.8) is 0 Å². The predicted octanol–water partition coefficient (Wildman–Crippen LogP) is 2.06. The van der Waals surface area contributed by atoms with Crippen LogP contribution in [0.25, 0.3) is 0 Å². The van der Waals surface area contributed by atoms with Crippen molar-refractivity contribution in [2.75, 3.05) is 4.90 Å². The second-order valence-corrected chi connectivity index (χ2v) is 5.77. The van der Waals surface area contributed by atoms with Crippen LogP contribution in [0.4, 0.5) is 10.1 Å². The molecule has 110 valence electrons. The van der Waals surface area contributed by atoms with E-state index in [1.807, 2.05) is 6.92 Å². The lowest BCUT2D eigenvalue weighted by molar-refractivity contribution is -0.123. The minimum atomic E-state index is -1.39. The van der Waals surface area contributed by atoms with E-state index in [0.717, 1.165) is 17.0 Å². The monoisotopic (exact) mass is 291 g/mol. The Morgan fingerprint density at radius 2 is 1.81 bits per heavy atom. The second kappa shape index (κ2) is 4.65. The van der Waals surface area contributed by atoms with Crippen LogP contribution in [0, 0.1) is 23.6 Å². The first-order chi connectivity index (χ1) is 9.90. The summed E-state index contributed by atoms with van der Waals surface area (Å²) in [6.07, 6.45) is 1.34. The average molecular weight is 291 g/mol. The van der Waals surface area contributed by atoms with Crippen LogP contribution in [0.5, 0.6) is 0 Å². The van der Waals surface area contributed by atoms with Gasteiger partial charge in [0, 0.05) is 0 Å². The van der Waals surface area contributed by atoms with E-state index in [1.165, 1.54) is 6.07 Å². The fourth-order valence-corrected chi connectivity index (χ4v) is 3.35. The number of amides is 2. The molecule has 1 aromatic rings. The lowest BCUT2D eigenvalue weighted by Crippen LogP contribution is -2.32. The summed E-state index contributed by atoms with van der Waals surface area (Å²) < 4.78 is 13.7. The summed E-state index contributed by atoms with van der Waals surface area (Å²) in [6, 6.07) is 3.31. The molecule has 2 aliphatic rings. The fourth-order valence-electron chi connectivity index (χ4n) is 3.35. The number of hydrogen-bond donors (Lipinski definition) is 1. The van der Waals surface area contributed by atoms with E-state index in [4.69, 9.17) is 5.11 Å². The van der Waals surface area contributed by atoms with Crippen LogP contribution in [-0.2, 0) is 9.59 Å². The largest absolute Gasteiger partial charge is 0.478 e. The Bertz CT molecular complexity index is 633. The summed E-state index contributed by atoms with van der Waals surface area (Å²) in [5.74, 6) is -3.27. The number of aromatic carboxylic acids is 1. The molecule has 3 rings (SSSR count). The normalized spacial score (nSPS) is 28.1. The summed E-state index contributed by atoms with van der Waals surface area (Å²) in [5, 5.41) is 8.80. The van der Waals surface area contributed by atoms with E-state index < -0.39 is 17.3 Å². The van der Waals surface area contributed by atoms with Gasteiger partial charge in [-0.15, -0.1) is 0 Å². The first kappa shape index (κ1) is 13.7. The highest BCUT2D eigenvalue weighted by molar-refractivity contribution is 6.22. The zero-order valence-corrected chi connectivity index (χ0v) is 11.4. The van der Waals surface area contributed by atoms with Gasteiger partial charge >= 0.3 is 5.97 Å². The zero-order valence-electron chi connectivity index (χ0n) is 11.4. The molecule has 5 nitrogen and oxygen atoms in total. The van der Waals surface area contributed by atoms with Gasteiger partial charge in [-0.05, 0) is 37.0 Å². The molecular weight excluding hydrogens is 277 g/mol. The van der Waals surface area contributed by atoms with Gasteiger partial charge in [0.1, 0.15) is 5.82 Å². The maximum Gasteiger partial charge on any atom is 0.338 e. The number of hydrogen-bond acceptors (Lipinski definition) is 3. The molecule has 1 aromatic carbocycles. The van der Waals surface area contributed by atoms with Gasteiger partial charge in [0.05, 0.1) is 23.1 Å². The SMILES string of the molecule is CC1CC2C(=O)N(c3ccc(C(=O)O)c(F)c3)C(=O)C2C1. The van der Waals surface area contributed by atoms with Crippen LogP contribution in [0.15, 0.2) is 18.2 Å². The van der Waals surface area contributed by atoms with Crippen LogP contribution in [0.3, 0.4) is 0 Å². The van der Waals surface area contributed by atoms with Crippen LogP contribution in [-0.4, -0.2) is 22.9 Å². The van der Waals surface area contributed by atoms with Gasteiger partial charge in [-0.25, -0.2) is 14.1 Å². The molecule has 1 aliphatic heterocycles.